The molecule has 0 aromatic carbocycles. The van der Waals surface area contributed by atoms with Crippen molar-refractivity contribution in [1.29, 1.82) is 5.26 Å². The van der Waals surface area contributed by atoms with E-state index in [1.165, 1.54) is 19.4 Å². The standard InChI is InChI=1S/C12H8N2O3S/c1-16-12(15)9-5-7(10-3-2-4-17-10)8(6-13)11(18)14-9/h2-5H,1H3,(H,14,18). The molecule has 0 radical (unpaired) electrons. The molecule has 0 aliphatic heterocycles. The summed E-state index contributed by atoms with van der Waals surface area (Å²) < 4.78 is 10.0. The highest BCUT2D eigenvalue weighted by atomic mass is 32.1. The molecule has 0 unspecified atom stereocenters. The first-order valence-electron chi connectivity index (χ1n) is 4.97. The van der Waals surface area contributed by atoms with Crippen LogP contribution in [0.5, 0.6) is 0 Å². The van der Waals surface area contributed by atoms with E-state index in [0.29, 0.717) is 11.3 Å². The van der Waals surface area contributed by atoms with Gasteiger partial charge in [-0.05, 0) is 18.2 Å². The molecule has 0 bridgehead atoms. The number of aromatic amines is 1. The Morgan fingerprint density at radius 1 is 1.61 bits per heavy atom. The number of nitriles is 1. The molecule has 6 heteroatoms. The van der Waals surface area contributed by atoms with Crippen LogP contribution in [0.3, 0.4) is 0 Å². The molecule has 2 heterocycles. The van der Waals surface area contributed by atoms with E-state index in [1.807, 2.05) is 6.07 Å². The largest absolute Gasteiger partial charge is 0.464 e. The predicted octanol–water partition coefficient (Wildman–Crippen LogP) is 2.66. The molecule has 2 aromatic rings. The summed E-state index contributed by atoms with van der Waals surface area (Å²) in [6.45, 7) is 0. The minimum atomic E-state index is -0.557. The normalized spacial score (nSPS) is 9.78. The number of H-pyrrole nitrogens is 1. The Morgan fingerprint density at radius 3 is 2.94 bits per heavy atom. The molecule has 0 aliphatic rings. The van der Waals surface area contributed by atoms with Gasteiger partial charge in [-0.3, -0.25) is 0 Å². The lowest BCUT2D eigenvalue weighted by molar-refractivity contribution is 0.0594. The maximum Gasteiger partial charge on any atom is 0.354 e. The van der Waals surface area contributed by atoms with E-state index >= 15 is 0 Å². The van der Waals surface area contributed by atoms with Gasteiger partial charge in [0.25, 0.3) is 0 Å². The van der Waals surface area contributed by atoms with Crippen LogP contribution in [0.25, 0.3) is 11.3 Å². The number of carbonyl (C=O) groups is 1. The smallest absolute Gasteiger partial charge is 0.354 e. The highest BCUT2D eigenvalue weighted by Crippen LogP contribution is 2.25. The molecule has 0 spiro atoms. The number of furan rings is 1. The Morgan fingerprint density at radius 2 is 2.39 bits per heavy atom. The maximum absolute atomic E-state index is 11.5. The summed E-state index contributed by atoms with van der Waals surface area (Å²) in [7, 11) is 1.27. The van der Waals surface area contributed by atoms with E-state index < -0.39 is 5.97 Å². The van der Waals surface area contributed by atoms with Gasteiger partial charge in [-0.2, -0.15) is 5.26 Å². The number of methoxy groups -OCH3 is 1. The van der Waals surface area contributed by atoms with Crippen LogP contribution in [0.2, 0.25) is 0 Å². The topological polar surface area (TPSA) is 79.0 Å². The number of ether oxygens (including phenoxy) is 1. The van der Waals surface area contributed by atoms with Crippen LogP contribution in [0.15, 0.2) is 28.9 Å². The molecular formula is C12H8N2O3S. The van der Waals surface area contributed by atoms with Crippen molar-refractivity contribution >= 4 is 18.2 Å². The number of rotatable bonds is 2. The van der Waals surface area contributed by atoms with E-state index in [9.17, 15) is 4.79 Å². The second-order valence-corrected chi connectivity index (χ2v) is 3.79. The van der Waals surface area contributed by atoms with Crippen LogP contribution in [0.4, 0.5) is 0 Å². The van der Waals surface area contributed by atoms with Crippen molar-refractivity contribution in [3.63, 3.8) is 0 Å². The van der Waals surface area contributed by atoms with Crippen LogP contribution in [0, 0.1) is 16.0 Å². The fourth-order valence-corrected chi connectivity index (χ4v) is 1.78. The van der Waals surface area contributed by atoms with Gasteiger partial charge < -0.3 is 14.1 Å². The highest BCUT2D eigenvalue weighted by Gasteiger charge is 2.15. The Bertz CT molecular complexity index is 680. The van der Waals surface area contributed by atoms with Gasteiger partial charge >= 0.3 is 5.97 Å². The van der Waals surface area contributed by atoms with Crippen LogP contribution in [-0.4, -0.2) is 18.1 Å². The van der Waals surface area contributed by atoms with E-state index in [-0.39, 0.29) is 15.9 Å². The number of pyridine rings is 1. The van der Waals surface area contributed by atoms with Gasteiger partial charge in [0, 0.05) is 5.56 Å². The van der Waals surface area contributed by atoms with Crippen molar-refractivity contribution in [1.82, 2.24) is 4.98 Å². The second-order valence-electron chi connectivity index (χ2n) is 3.38. The van der Waals surface area contributed by atoms with Crippen LogP contribution in [0.1, 0.15) is 16.1 Å². The fraction of sp³-hybridized carbons (Fsp3) is 0.0833. The van der Waals surface area contributed by atoms with Gasteiger partial charge in [0.1, 0.15) is 22.2 Å². The Hall–Kier alpha value is -2.39. The average Bonchev–Trinajstić information content (AvgIpc) is 2.90. The first kappa shape index (κ1) is 12.1. The zero-order valence-corrected chi connectivity index (χ0v) is 10.2. The number of carbonyl (C=O) groups excluding carboxylic acids is 1. The Labute approximate surface area is 108 Å². The molecule has 90 valence electrons. The summed E-state index contributed by atoms with van der Waals surface area (Å²) in [5, 5.41) is 9.09. The number of esters is 1. The van der Waals surface area contributed by atoms with Crippen LogP contribution < -0.4 is 0 Å². The van der Waals surface area contributed by atoms with Crippen molar-refractivity contribution in [2.75, 3.05) is 7.11 Å². The lowest BCUT2D eigenvalue weighted by atomic mass is 10.1. The van der Waals surface area contributed by atoms with Gasteiger partial charge in [-0.15, -0.1) is 0 Å². The molecule has 5 nitrogen and oxygen atoms in total. The van der Waals surface area contributed by atoms with Gasteiger partial charge in [0.2, 0.25) is 0 Å². The molecule has 0 aliphatic carbocycles. The molecule has 0 amide bonds. The first-order valence-corrected chi connectivity index (χ1v) is 5.37. The minimum Gasteiger partial charge on any atom is -0.464 e. The van der Waals surface area contributed by atoms with E-state index in [2.05, 4.69) is 9.72 Å². The summed E-state index contributed by atoms with van der Waals surface area (Å²) >= 11 is 5.04. The number of nitrogens with zero attached hydrogens (tertiary/aromatic N) is 1. The van der Waals surface area contributed by atoms with Gasteiger partial charge in [0.05, 0.1) is 18.9 Å². The maximum atomic E-state index is 11.5. The highest BCUT2D eigenvalue weighted by molar-refractivity contribution is 7.71. The van der Waals surface area contributed by atoms with Crippen LogP contribution >= 0.6 is 12.2 Å². The Balaban J connectivity index is 2.71. The molecule has 2 aromatic heterocycles. The van der Waals surface area contributed by atoms with Crippen LogP contribution in [-0.2, 0) is 4.74 Å². The zero-order valence-electron chi connectivity index (χ0n) is 9.39. The molecule has 2 rings (SSSR count). The lowest BCUT2D eigenvalue weighted by Crippen LogP contribution is -2.05. The summed E-state index contributed by atoms with van der Waals surface area (Å²) in [6, 6.07) is 6.85. The minimum absolute atomic E-state index is 0.173. The Kier molecular flexibility index (Phi) is 3.26. The summed E-state index contributed by atoms with van der Waals surface area (Å²) in [5.74, 6) is -0.0878. The third-order valence-corrected chi connectivity index (χ3v) is 2.64. The average molecular weight is 260 g/mol. The summed E-state index contributed by atoms with van der Waals surface area (Å²) in [5.41, 5.74) is 0.896. The lowest BCUT2D eigenvalue weighted by Gasteiger charge is -2.05. The number of hydrogen-bond acceptors (Lipinski definition) is 5. The van der Waals surface area contributed by atoms with Crippen molar-refractivity contribution in [3.8, 4) is 17.4 Å². The van der Waals surface area contributed by atoms with Crippen molar-refractivity contribution < 1.29 is 13.9 Å². The number of hydrogen-bond donors (Lipinski definition) is 1. The molecule has 0 fully saturated rings. The SMILES string of the molecule is COC(=O)c1cc(-c2ccco2)c(C#N)c(=S)[nH]1. The molecule has 0 saturated carbocycles. The molecule has 1 N–H and O–H groups in total. The molecule has 18 heavy (non-hydrogen) atoms. The van der Waals surface area contributed by atoms with Gasteiger partial charge in [0.15, 0.2) is 0 Å². The fourth-order valence-electron chi connectivity index (χ4n) is 1.52. The third kappa shape index (κ3) is 2.04. The van der Waals surface area contributed by atoms with E-state index in [1.54, 1.807) is 12.1 Å². The monoisotopic (exact) mass is 260 g/mol. The third-order valence-electron chi connectivity index (χ3n) is 2.34. The van der Waals surface area contributed by atoms with Gasteiger partial charge in [-0.25, -0.2) is 4.79 Å². The number of aromatic nitrogens is 1. The molecule has 0 atom stereocenters. The molecular weight excluding hydrogens is 252 g/mol. The second kappa shape index (κ2) is 4.85. The van der Waals surface area contributed by atoms with E-state index in [0.717, 1.165) is 0 Å². The van der Waals surface area contributed by atoms with Crippen molar-refractivity contribution in [2.24, 2.45) is 0 Å². The molecule has 0 saturated heterocycles. The summed E-state index contributed by atoms with van der Waals surface area (Å²) in [6.07, 6.45) is 1.48. The number of nitrogens with one attached hydrogen (secondary N) is 1. The first-order chi connectivity index (χ1) is 8.67. The van der Waals surface area contributed by atoms with Crippen molar-refractivity contribution in [2.45, 2.75) is 0 Å². The zero-order chi connectivity index (χ0) is 13.1. The predicted molar refractivity (Wildman–Crippen MR) is 65.4 cm³/mol. The van der Waals surface area contributed by atoms with Gasteiger partial charge in [-0.1, -0.05) is 12.2 Å². The van der Waals surface area contributed by atoms with Crippen molar-refractivity contribution in [3.05, 3.63) is 40.4 Å². The summed E-state index contributed by atoms with van der Waals surface area (Å²) in [4.78, 5) is 14.1. The van der Waals surface area contributed by atoms with E-state index in [4.69, 9.17) is 21.9 Å². The quantitative estimate of drug-likeness (QED) is 0.663.